The Kier molecular flexibility index (Phi) is 7.48. The van der Waals surface area contributed by atoms with E-state index in [1.807, 2.05) is 6.07 Å². The highest BCUT2D eigenvalue weighted by Gasteiger charge is 2.21. The molecule has 1 N–H and O–H groups in total. The van der Waals surface area contributed by atoms with Crippen molar-refractivity contribution in [3.63, 3.8) is 0 Å². The van der Waals surface area contributed by atoms with Crippen LogP contribution in [0.1, 0.15) is 22.7 Å². The minimum atomic E-state index is 0.0572. The van der Waals surface area contributed by atoms with Crippen molar-refractivity contribution >= 4 is 23.4 Å². The Morgan fingerprint density at radius 1 is 0.774 bits per heavy atom. The minimum absolute atomic E-state index is 0.0572. The number of rotatable bonds is 6. The number of nitrogens with one attached hydrogen (secondary N) is 1. The second-order valence-electron chi connectivity index (χ2n) is 7.80. The van der Waals surface area contributed by atoms with Crippen LogP contribution in [0.2, 0.25) is 0 Å². The molecule has 0 atom stereocenters. The van der Waals surface area contributed by atoms with Gasteiger partial charge in [0.05, 0.1) is 6.04 Å². The summed E-state index contributed by atoms with van der Waals surface area (Å²) in [4.78, 5) is 4.77. The molecule has 31 heavy (non-hydrogen) atoms. The van der Waals surface area contributed by atoms with E-state index in [4.69, 9.17) is 12.2 Å². The normalized spacial score (nSPS) is 14.8. The van der Waals surface area contributed by atoms with Crippen molar-refractivity contribution in [2.24, 2.45) is 0 Å². The van der Waals surface area contributed by atoms with Gasteiger partial charge in [-0.05, 0) is 28.9 Å². The van der Waals surface area contributed by atoms with E-state index in [0.29, 0.717) is 0 Å². The Labute approximate surface area is 191 Å². The predicted octanol–water partition coefficient (Wildman–Crippen LogP) is 4.98. The second kappa shape index (κ2) is 10.9. The average Bonchev–Trinajstić information content (AvgIpc) is 2.84. The van der Waals surface area contributed by atoms with Crippen LogP contribution in [0.15, 0.2) is 97.1 Å². The molecule has 3 aromatic rings. The highest BCUT2D eigenvalue weighted by atomic mass is 32.1. The van der Waals surface area contributed by atoms with Gasteiger partial charge in [-0.2, -0.15) is 0 Å². The first-order chi connectivity index (χ1) is 15.3. The number of benzene rings is 3. The van der Waals surface area contributed by atoms with Gasteiger partial charge in [0.25, 0.3) is 0 Å². The number of hydrogen-bond donors (Lipinski definition) is 1. The van der Waals surface area contributed by atoms with E-state index in [9.17, 15) is 0 Å². The van der Waals surface area contributed by atoms with Gasteiger partial charge in [-0.1, -0.05) is 103 Å². The Morgan fingerprint density at radius 2 is 1.29 bits per heavy atom. The first-order valence-electron chi connectivity index (χ1n) is 10.9. The summed E-state index contributed by atoms with van der Waals surface area (Å²) < 4.78 is 0. The molecular weight excluding hydrogens is 398 g/mol. The SMILES string of the molecule is S=C(NC(c1ccccc1)c1ccccc1)N1CCN(CC=Cc2ccccc2)CC1. The summed E-state index contributed by atoms with van der Waals surface area (Å²) in [7, 11) is 0. The quantitative estimate of drug-likeness (QED) is 0.559. The van der Waals surface area contributed by atoms with Crippen molar-refractivity contribution in [1.82, 2.24) is 15.1 Å². The molecule has 0 bridgehead atoms. The van der Waals surface area contributed by atoms with Gasteiger partial charge in [-0.25, -0.2) is 0 Å². The molecule has 0 radical (unpaired) electrons. The second-order valence-corrected chi connectivity index (χ2v) is 8.19. The standard InChI is InChI=1S/C27H29N3S/c31-27(28-26(24-14-6-2-7-15-24)25-16-8-3-9-17-25)30-21-19-29(20-22-30)18-10-13-23-11-4-1-5-12-23/h1-17,26H,18-22H2,(H,28,31). The molecule has 0 unspecified atom stereocenters. The van der Waals surface area contributed by atoms with Crippen molar-refractivity contribution in [3.8, 4) is 0 Å². The van der Waals surface area contributed by atoms with E-state index in [1.54, 1.807) is 0 Å². The van der Waals surface area contributed by atoms with Crippen molar-refractivity contribution in [2.75, 3.05) is 32.7 Å². The first-order valence-corrected chi connectivity index (χ1v) is 11.3. The number of thiocarbonyl (C=S) groups is 1. The van der Waals surface area contributed by atoms with E-state index in [-0.39, 0.29) is 6.04 Å². The molecule has 0 spiro atoms. The van der Waals surface area contributed by atoms with E-state index in [2.05, 4.69) is 112 Å². The maximum Gasteiger partial charge on any atom is 0.169 e. The maximum absolute atomic E-state index is 5.82. The van der Waals surface area contributed by atoms with E-state index in [1.165, 1.54) is 16.7 Å². The Hall–Kier alpha value is -2.95. The average molecular weight is 428 g/mol. The van der Waals surface area contributed by atoms with Gasteiger partial charge in [0.15, 0.2) is 5.11 Å². The van der Waals surface area contributed by atoms with E-state index >= 15 is 0 Å². The van der Waals surface area contributed by atoms with E-state index < -0.39 is 0 Å². The molecule has 1 aliphatic rings. The van der Waals surface area contributed by atoms with E-state index in [0.717, 1.165) is 37.8 Å². The van der Waals surface area contributed by atoms with Gasteiger partial charge in [-0.15, -0.1) is 0 Å². The zero-order chi connectivity index (χ0) is 21.3. The topological polar surface area (TPSA) is 18.5 Å². The largest absolute Gasteiger partial charge is 0.352 e. The molecule has 1 heterocycles. The van der Waals surface area contributed by atoms with Gasteiger partial charge in [0.1, 0.15) is 0 Å². The Morgan fingerprint density at radius 3 is 1.84 bits per heavy atom. The summed E-state index contributed by atoms with van der Waals surface area (Å²) in [5.74, 6) is 0. The van der Waals surface area contributed by atoms with Gasteiger partial charge in [0, 0.05) is 32.7 Å². The zero-order valence-electron chi connectivity index (χ0n) is 17.7. The summed E-state index contributed by atoms with van der Waals surface area (Å²) in [5, 5.41) is 4.45. The molecule has 0 aromatic heterocycles. The lowest BCUT2D eigenvalue weighted by Crippen LogP contribution is -2.52. The van der Waals surface area contributed by atoms with Crippen LogP contribution in [-0.4, -0.2) is 47.6 Å². The summed E-state index contributed by atoms with van der Waals surface area (Å²) >= 11 is 5.82. The molecule has 0 saturated carbocycles. The van der Waals surface area contributed by atoms with Gasteiger partial charge >= 0.3 is 0 Å². The molecular formula is C27H29N3S. The van der Waals surface area contributed by atoms with Crippen LogP contribution in [0.3, 0.4) is 0 Å². The van der Waals surface area contributed by atoms with Crippen LogP contribution < -0.4 is 5.32 Å². The van der Waals surface area contributed by atoms with Gasteiger partial charge in [-0.3, -0.25) is 4.90 Å². The summed E-state index contributed by atoms with van der Waals surface area (Å²) in [5.41, 5.74) is 3.70. The van der Waals surface area contributed by atoms with Gasteiger partial charge < -0.3 is 10.2 Å². The molecule has 3 nitrogen and oxygen atoms in total. The molecule has 1 saturated heterocycles. The molecule has 4 rings (SSSR count). The third-order valence-corrected chi connectivity index (χ3v) is 6.04. The third-order valence-electron chi connectivity index (χ3n) is 5.67. The molecule has 1 aliphatic heterocycles. The number of hydrogen-bond acceptors (Lipinski definition) is 2. The summed E-state index contributed by atoms with van der Waals surface area (Å²) in [6, 6.07) is 31.6. The van der Waals surface area contributed by atoms with Crippen LogP contribution in [0.25, 0.3) is 6.08 Å². The fraction of sp³-hybridized carbons (Fsp3) is 0.222. The molecule has 158 valence electrons. The molecule has 3 aromatic carbocycles. The van der Waals surface area contributed by atoms with Crippen LogP contribution in [0.4, 0.5) is 0 Å². The first kappa shape index (κ1) is 21.3. The van der Waals surface area contributed by atoms with Gasteiger partial charge in [0.2, 0.25) is 0 Å². The lowest BCUT2D eigenvalue weighted by atomic mass is 9.99. The number of nitrogens with zero attached hydrogens (tertiary/aromatic N) is 2. The lowest BCUT2D eigenvalue weighted by molar-refractivity contribution is 0.196. The monoisotopic (exact) mass is 427 g/mol. The molecule has 1 fully saturated rings. The van der Waals surface area contributed by atoms with Crippen LogP contribution >= 0.6 is 12.2 Å². The minimum Gasteiger partial charge on any atom is -0.352 e. The van der Waals surface area contributed by atoms with Crippen molar-refractivity contribution in [2.45, 2.75) is 6.04 Å². The molecule has 4 heteroatoms. The summed E-state index contributed by atoms with van der Waals surface area (Å²) in [6.45, 7) is 4.90. The fourth-order valence-corrected chi connectivity index (χ4v) is 4.20. The molecule has 0 amide bonds. The van der Waals surface area contributed by atoms with Crippen molar-refractivity contribution in [1.29, 1.82) is 0 Å². The highest BCUT2D eigenvalue weighted by Crippen LogP contribution is 2.22. The van der Waals surface area contributed by atoms with Crippen LogP contribution in [0.5, 0.6) is 0 Å². The number of piperazine rings is 1. The smallest absolute Gasteiger partial charge is 0.169 e. The molecule has 0 aliphatic carbocycles. The Balaban J connectivity index is 1.33. The third kappa shape index (κ3) is 6.03. The Bertz CT molecular complexity index is 926. The van der Waals surface area contributed by atoms with Crippen LogP contribution in [0, 0.1) is 0 Å². The maximum atomic E-state index is 5.82. The summed E-state index contributed by atoms with van der Waals surface area (Å²) in [6.07, 6.45) is 4.45. The van der Waals surface area contributed by atoms with Crippen molar-refractivity contribution < 1.29 is 0 Å². The van der Waals surface area contributed by atoms with Crippen molar-refractivity contribution in [3.05, 3.63) is 114 Å². The highest BCUT2D eigenvalue weighted by molar-refractivity contribution is 7.80. The lowest BCUT2D eigenvalue weighted by Gasteiger charge is -2.37. The van der Waals surface area contributed by atoms with Crippen LogP contribution in [-0.2, 0) is 0 Å². The predicted molar refractivity (Wildman–Crippen MR) is 134 cm³/mol. The zero-order valence-corrected chi connectivity index (χ0v) is 18.5. The fourth-order valence-electron chi connectivity index (χ4n) is 3.90.